The lowest BCUT2D eigenvalue weighted by molar-refractivity contribution is -0.161. The fraction of sp³-hybridized carbons (Fsp3) is 0.900. The molecule has 0 aromatic carbocycles. The van der Waals surface area contributed by atoms with Gasteiger partial charge in [0.05, 0.1) is 12.5 Å². The van der Waals surface area contributed by atoms with Gasteiger partial charge < -0.3 is 9.64 Å². The van der Waals surface area contributed by atoms with Crippen LogP contribution in [0.2, 0.25) is 0 Å². The van der Waals surface area contributed by atoms with E-state index in [1.807, 2.05) is 0 Å². The lowest BCUT2D eigenvalue weighted by Gasteiger charge is -2.24. The topological polar surface area (TPSA) is 29.5 Å². The second kappa shape index (κ2) is 6.58. The van der Waals surface area contributed by atoms with Gasteiger partial charge in [0.1, 0.15) is 6.54 Å². The lowest BCUT2D eigenvalue weighted by atomic mass is 10.1. The maximum atomic E-state index is 12.3. The first-order valence-corrected chi connectivity index (χ1v) is 6.56. The van der Waals surface area contributed by atoms with Gasteiger partial charge in [-0.1, -0.05) is 15.9 Å². The zero-order valence-electron chi connectivity index (χ0n) is 9.30. The van der Waals surface area contributed by atoms with E-state index in [1.54, 1.807) is 0 Å². The summed E-state index contributed by atoms with van der Waals surface area (Å²) in [4.78, 5) is 12.5. The SMILES string of the molecule is O=C(CC1CCCO1)N(CCBr)CC(F)(F)F. The molecule has 0 aromatic rings. The normalized spacial score (nSPS) is 20.6. The van der Waals surface area contributed by atoms with E-state index in [2.05, 4.69) is 15.9 Å². The summed E-state index contributed by atoms with van der Waals surface area (Å²) in [5.74, 6) is -0.492. The Morgan fingerprint density at radius 2 is 2.18 bits per heavy atom. The zero-order valence-corrected chi connectivity index (χ0v) is 10.9. The molecule has 17 heavy (non-hydrogen) atoms. The van der Waals surface area contributed by atoms with Crippen molar-refractivity contribution < 1.29 is 22.7 Å². The van der Waals surface area contributed by atoms with Gasteiger partial charge in [-0.2, -0.15) is 13.2 Å². The molecule has 1 unspecified atom stereocenters. The molecule has 1 aliphatic rings. The molecule has 0 bridgehead atoms. The van der Waals surface area contributed by atoms with E-state index in [-0.39, 0.29) is 19.1 Å². The highest BCUT2D eigenvalue weighted by Crippen LogP contribution is 2.20. The standard InChI is InChI=1S/C10H15BrF3NO2/c11-3-4-15(7-10(12,13)14)9(16)6-8-2-1-5-17-8/h8H,1-7H2. The van der Waals surface area contributed by atoms with Crippen molar-refractivity contribution in [2.24, 2.45) is 0 Å². The highest BCUT2D eigenvalue weighted by Gasteiger charge is 2.33. The molecule has 1 atom stereocenters. The van der Waals surface area contributed by atoms with Crippen LogP contribution in [0.1, 0.15) is 19.3 Å². The minimum absolute atomic E-state index is 0.0447. The Morgan fingerprint density at radius 3 is 2.65 bits per heavy atom. The van der Waals surface area contributed by atoms with Crippen LogP contribution in [0.15, 0.2) is 0 Å². The molecule has 0 saturated carbocycles. The van der Waals surface area contributed by atoms with E-state index in [1.165, 1.54) is 0 Å². The molecule has 0 N–H and O–H groups in total. The first-order chi connectivity index (χ1) is 7.92. The summed E-state index contributed by atoms with van der Waals surface area (Å²) in [6.45, 7) is -0.537. The molecule has 0 aromatic heterocycles. The minimum Gasteiger partial charge on any atom is -0.378 e. The van der Waals surface area contributed by atoms with Gasteiger partial charge in [0, 0.05) is 18.5 Å². The van der Waals surface area contributed by atoms with E-state index < -0.39 is 18.6 Å². The van der Waals surface area contributed by atoms with Gasteiger partial charge in [-0.15, -0.1) is 0 Å². The number of amides is 1. The molecule has 0 spiro atoms. The van der Waals surface area contributed by atoms with E-state index in [0.29, 0.717) is 11.9 Å². The summed E-state index contributed by atoms with van der Waals surface area (Å²) in [5.41, 5.74) is 0. The molecule has 1 aliphatic heterocycles. The first-order valence-electron chi connectivity index (χ1n) is 5.44. The predicted octanol–water partition coefficient (Wildman–Crippen LogP) is 2.34. The van der Waals surface area contributed by atoms with Crippen molar-refractivity contribution in [3.8, 4) is 0 Å². The van der Waals surface area contributed by atoms with Gasteiger partial charge in [0.25, 0.3) is 0 Å². The summed E-state index contributed by atoms with van der Waals surface area (Å²) < 4.78 is 42.0. The maximum absolute atomic E-state index is 12.3. The highest BCUT2D eigenvalue weighted by atomic mass is 79.9. The number of carbonyl (C=O) groups is 1. The van der Waals surface area contributed by atoms with Crippen molar-refractivity contribution in [2.45, 2.75) is 31.5 Å². The van der Waals surface area contributed by atoms with Crippen LogP contribution in [-0.4, -0.2) is 48.1 Å². The van der Waals surface area contributed by atoms with Gasteiger partial charge in [0.2, 0.25) is 5.91 Å². The third-order valence-electron chi connectivity index (χ3n) is 2.50. The lowest BCUT2D eigenvalue weighted by Crippen LogP contribution is -2.41. The Bertz CT molecular complexity index is 254. The molecule has 1 heterocycles. The molecule has 0 aliphatic carbocycles. The van der Waals surface area contributed by atoms with Crippen molar-refractivity contribution >= 4 is 21.8 Å². The van der Waals surface area contributed by atoms with E-state index in [9.17, 15) is 18.0 Å². The third-order valence-corrected chi connectivity index (χ3v) is 2.86. The van der Waals surface area contributed by atoms with Gasteiger partial charge in [-0.05, 0) is 12.8 Å². The van der Waals surface area contributed by atoms with Gasteiger partial charge >= 0.3 is 6.18 Å². The summed E-state index contributed by atoms with van der Waals surface area (Å²) in [5, 5.41) is 0.334. The van der Waals surface area contributed by atoms with E-state index >= 15 is 0 Å². The molecule has 100 valence electrons. The number of rotatable bonds is 5. The van der Waals surface area contributed by atoms with Crippen LogP contribution in [0.25, 0.3) is 0 Å². The smallest absolute Gasteiger partial charge is 0.378 e. The summed E-state index contributed by atoms with van der Waals surface area (Å²) >= 11 is 3.05. The summed E-state index contributed by atoms with van der Waals surface area (Å²) in [6.07, 6.45) is -2.90. The van der Waals surface area contributed by atoms with Gasteiger partial charge in [-0.25, -0.2) is 0 Å². The minimum atomic E-state index is -4.35. The van der Waals surface area contributed by atoms with Crippen LogP contribution in [-0.2, 0) is 9.53 Å². The molecule has 3 nitrogen and oxygen atoms in total. The number of alkyl halides is 4. The number of halogens is 4. The van der Waals surface area contributed by atoms with Crippen LogP contribution in [0.4, 0.5) is 13.2 Å². The van der Waals surface area contributed by atoms with Crippen LogP contribution in [0, 0.1) is 0 Å². The number of hydrogen-bond acceptors (Lipinski definition) is 2. The fourth-order valence-electron chi connectivity index (χ4n) is 1.74. The average Bonchev–Trinajstić information content (AvgIpc) is 2.67. The van der Waals surface area contributed by atoms with Crippen molar-refractivity contribution in [1.82, 2.24) is 4.90 Å². The number of hydrogen-bond donors (Lipinski definition) is 0. The molecule has 1 fully saturated rings. The number of ether oxygens (including phenoxy) is 1. The molecular formula is C10H15BrF3NO2. The van der Waals surface area contributed by atoms with Gasteiger partial charge in [0.15, 0.2) is 0 Å². The average molecular weight is 318 g/mol. The Hall–Kier alpha value is -0.300. The summed E-state index contributed by atoms with van der Waals surface area (Å²) in [7, 11) is 0. The van der Waals surface area contributed by atoms with E-state index in [0.717, 1.165) is 17.7 Å². The van der Waals surface area contributed by atoms with Crippen molar-refractivity contribution in [2.75, 3.05) is 25.0 Å². The second-order valence-electron chi connectivity index (χ2n) is 3.96. The van der Waals surface area contributed by atoms with Crippen LogP contribution in [0.3, 0.4) is 0 Å². The largest absolute Gasteiger partial charge is 0.406 e. The van der Waals surface area contributed by atoms with Crippen molar-refractivity contribution in [3.05, 3.63) is 0 Å². The number of carbonyl (C=O) groups excluding carboxylic acids is 1. The molecule has 0 radical (unpaired) electrons. The van der Waals surface area contributed by atoms with Crippen molar-refractivity contribution in [3.63, 3.8) is 0 Å². The Kier molecular flexibility index (Phi) is 5.72. The van der Waals surface area contributed by atoms with E-state index in [4.69, 9.17) is 4.74 Å². The predicted molar refractivity (Wildman–Crippen MR) is 60.0 cm³/mol. The Labute approximate surface area is 106 Å². The quantitative estimate of drug-likeness (QED) is 0.728. The van der Waals surface area contributed by atoms with Crippen LogP contribution in [0.5, 0.6) is 0 Å². The number of nitrogens with zero attached hydrogens (tertiary/aromatic N) is 1. The molecule has 1 amide bonds. The molecule has 1 saturated heterocycles. The first kappa shape index (κ1) is 14.8. The Morgan fingerprint density at radius 1 is 1.47 bits per heavy atom. The molecule has 7 heteroatoms. The van der Waals surface area contributed by atoms with Crippen LogP contribution >= 0.6 is 15.9 Å². The second-order valence-corrected chi connectivity index (χ2v) is 4.75. The van der Waals surface area contributed by atoms with Gasteiger partial charge in [-0.3, -0.25) is 4.79 Å². The molecule has 1 rings (SSSR count). The molecular weight excluding hydrogens is 303 g/mol. The highest BCUT2D eigenvalue weighted by molar-refractivity contribution is 9.09. The Balaban J connectivity index is 2.47. The summed E-state index contributed by atoms with van der Waals surface area (Å²) in [6, 6.07) is 0. The third kappa shape index (κ3) is 5.72. The maximum Gasteiger partial charge on any atom is 0.406 e. The monoisotopic (exact) mass is 317 g/mol. The fourth-order valence-corrected chi connectivity index (χ4v) is 2.17. The van der Waals surface area contributed by atoms with Crippen molar-refractivity contribution in [1.29, 1.82) is 0 Å². The zero-order chi connectivity index (χ0) is 12.9. The van der Waals surface area contributed by atoms with Crippen LogP contribution < -0.4 is 0 Å².